The average Bonchev–Trinajstić information content (AvgIpc) is 3.60. The summed E-state index contributed by atoms with van der Waals surface area (Å²) in [5.41, 5.74) is 2.18. The van der Waals surface area contributed by atoms with Crippen molar-refractivity contribution in [3.63, 3.8) is 0 Å². The van der Waals surface area contributed by atoms with Crippen molar-refractivity contribution in [2.24, 2.45) is 0 Å². The van der Waals surface area contributed by atoms with Crippen LogP contribution < -0.4 is 15.5 Å². The van der Waals surface area contributed by atoms with Crippen molar-refractivity contribution in [1.29, 1.82) is 0 Å². The highest BCUT2D eigenvalue weighted by atomic mass is 16.6. The fourth-order valence-corrected chi connectivity index (χ4v) is 3.93. The maximum absolute atomic E-state index is 13.2. The number of nitrogens with zero attached hydrogens (tertiary/aromatic N) is 3. The van der Waals surface area contributed by atoms with E-state index in [9.17, 15) is 19.7 Å². The summed E-state index contributed by atoms with van der Waals surface area (Å²) in [6, 6.07) is 10.3. The quantitative estimate of drug-likeness (QED) is 0.516. The van der Waals surface area contributed by atoms with Crippen LogP contribution in [0.15, 0.2) is 36.4 Å². The molecule has 0 spiro atoms. The molecule has 1 aliphatic carbocycles. The number of likely N-dealkylation sites (N-methyl/N-ethyl adjacent to an activating group) is 1. The van der Waals surface area contributed by atoms with Crippen molar-refractivity contribution >= 4 is 28.9 Å². The molecule has 2 aromatic carbocycles. The van der Waals surface area contributed by atoms with Crippen LogP contribution in [0.2, 0.25) is 0 Å². The van der Waals surface area contributed by atoms with Gasteiger partial charge in [-0.05, 0) is 63.6 Å². The summed E-state index contributed by atoms with van der Waals surface area (Å²) < 4.78 is 0. The van der Waals surface area contributed by atoms with Crippen LogP contribution in [0.25, 0.3) is 0 Å². The Kier molecular flexibility index (Phi) is 6.33. The number of nitro groups is 1. The average molecular weight is 452 g/mol. The Morgan fingerprint density at radius 2 is 1.85 bits per heavy atom. The van der Waals surface area contributed by atoms with Crippen molar-refractivity contribution < 1.29 is 14.5 Å². The number of piperazine rings is 1. The van der Waals surface area contributed by atoms with Crippen molar-refractivity contribution in [3.8, 4) is 0 Å². The highest BCUT2D eigenvalue weighted by molar-refractivity contribution is 6.08. The van der Waals surface area contributed by atoms with Gasteiger partial charge in [-0.25, -0.2) is 0 Å². The highest BCUT2D eigenvalue weighted by Gasteiger charge is 2.27. The summed E-state index contributed by atoms with van der Waals surface area (Å²) in [5.74, 6) is -0.765. The van der Waals surface area contributed by atoms with Crippen molar-refractivity contribution in [1.82, 2.24) is 10.2 Å². The number of nitrogens with one attached hydrogen (secondary N) is 2. The monoisotopic (exact) mass is 451 g/mol. The van der Waals surface area contributed by atoms with Gasteiger partial charge in [0.25, 0.3) is 17.5 Å². The van der Waals surface area contributed by atoms with E-state index in [0.29, 0.717) is 17.3 Å². The predicted octanol–water partition coefficient (Wildman–Crippen LogP) is 3.19. The molecule has 4 rings (SSSR count). The smallest absolute Gasteiger partial charge is 0.282 e. The lowest BCUT2D eigenvalue weighted by molar-refractivity contribution is -0.385. The Hall–Kier alpha value is -3.46. The molecular formula is C24H29N5O4. The first-order valence-corrected chi connectivity index (χ1v) is 11.2. The van der Waals surface area contributed by atoms with E-state index in [2.05, 4.69) is 34.4 Å². The second-order valence-electron chi connectivity index (χ2n) is 8.97. The molecular weight excluding hydrogens is 422 g/mol. The zero-order valence-corrected chi connectivity index (χ0v) is 19.1. The Morgan fingerprint density at radius 3 is 2.52 bits per heavy atom. The molecule has 0 bridgehead atoms. The Balaban J connectivity index is 1.59. The standard InChI is InChI=1S/C24H29N5O4/c1-15-4-5-17(23(30)25-18-6-7-18)12-21(15)26-24(31)20-13-19(8-9-22(20)29(32)33)28-11-10-27(3)16(2)14-28/h4-5,8-9,12-13,16,18H,6-7,10-11,14H2,1-3H3,(H,25,30)(H,26,31)/t16-/m0/s1. The number of aryl methyl sites for hydroxylation is 1. The normalized spacial score (nSPS) is 18.6. The summed E-state index contributed by atoms with van der Waals surface area (Å²) in [4.78, 5) is 41.1. The van der Waals surface area contributed by atoms with Gasteiger partial charge in [0.2, 0.25) is 0 Å². The molecule has 0 unspecified atom stereocenters. The molecule has 1 saturated heterocycles. The first-order chi connectivity index (χ1) is 15.7. The fourth-order valence-electron chi connectivity index (χ4n) is 3.93. The van der Waals surface area contributed by atoms with Crippen LogP contribution in [-0.2, 0) is 0 Å². The Bertz CT molecular complexity index is 1100. The molecule has 2 amide bonds. The van der Waals surface area contributed by atoms with Gasteiger partial charge in [-0.2, -0.15) is 0 Å². The number of hydrogen-bond donors (Lipinski definition) is 2. The third-order valence-corrected chi connectivity index (χ3v) is 6.41. The van der Waals surface area contributed by atoms with Crippen LogP contribution in [0.1, 0.15) is 46.0 Å². The lowest BCUT2D eigenvalue weighted by atomic mass is 10.1. The Labute approximate surface area is 192 Å². The molecule has 1 heterocycles. The number of benzene rings is 2. The van der Waals surface area contributed by atoms with Gasteiger partial charge in [-0.1, -0.05) is 6.07 Å². The van der Waals surface area contributed by atoms with Gasteiger partial charge in [0, 0.05) is 54.7 Å². The summed E-state index contributed by atoms with van der Waals surface area (Å²) in [6.45, 7) is 6.35. The molecule has 2 aromatic rings. The van der Waals surface area contributed by atoms with Crippen LogP contribution in [-0.4, -0.2) is 60.4 Å². The third-order valence-electron chi connectivity index (χ3n) is 6.41. The summed E-state index contributed by atoms with van der Waals surface area (Å²) in [6.07, 6.45) is 1.96. The SMILES string of the molecule is Cc1ccc(C(=O)NC2CC2)cc1NC(=O)c1cc(N2CCN(C)[C@@H](C)C2)ccc1[N+](=O)[O-]. The van der Waals surface area contributed by atoms with Crippen molar-refractivity contribution in [2.75, 3.05) is 36.9 Å². The minimum absolute atomic E-state index is 0.00341. The number of anilines is 2. The fraction of sp³-hybridized carbons (Fsp3) is 0.417. The minimum atomic E-state index is -0.575. The lowest BCUT2D eigenvalue weighted by Gasteiger charge is -2.39. The molecule has 9 nitrogen and oxygen atoms in total. The molecule has 2 aliphatic rings. The van der Waals surface area contributed by atoms with Crippen LogP contribution in [0, 0.1) is 17.0 Å². The predicted molar refractivity (Wildman–Crippen MR) is 127 cm³/mol. The van der Waals surface area contributed by atoms with Gasteiger partial charge in [0.05, 0.1) is 4.92 Å². The van der Waals surface area contributed by atoms with E-state index in [1.165, 1.54) is 6.07 Å². The molecule has 1 aliphatic heterocycles. The molecule has 2 fully saturated rings. The molecule has 1 saturated carbocycles. The maximum Gasteiger partial charge on any atom is 0.282 e. The molecule has 2 N–H and O–H groups in total. The van der Waals surface area contributed by atoms with Gasteiger partial charge in [0.15, 0.2) is 0 Å². The summed E-state index contributed by atoms with van der Waals surface area (Å²) in [5, 5.41) is 17.3. The molecule has 0 radical (unpaired) electrons. The van der Waals surface area contributed by atoms with Gasteiger partial charge in [0.1, 0.15) is 5.56 Å². The molecule has 174 valence electrons. The molecule has 1 atom stereocenters. The first-order valence-electron chi connectivity index (χ1n) is 11.2. The molecule has 9 heteroatoms. The van der Waals surface area contributed by atoms with E-state index in [4.69, 9.17) is 0 Å². The van der Waals surface area contributed by atoms with Crippen molar-refractivity contribution in [2.45, 2.75) is 38.8 Å². The number of nitro benzene ring substituents is 1. The number of hydrogen-bond acceptors (Lipinski definition) is 6. The van der Waals surface area contributed by atoms with Gasteiger partial charge in [-0.15, -0.1) is 0 Å². The van der Waals surface area contributed by atoms with Crippen molar-refractivity contribution in [3.05, 3.63) is 63.2 Å². The zero-order valence-electron chi connectivity index (χ0n) is 19.1. The van der Waals surface area contributed by atoms with E-state index in [0.717, 1.165) is 43.7 Å². The third kappa shape index (κ3) is 5.14. The molecule has 0 aromatic heterocycles. The van der Waals surface area contributed by atoms with E-state index in [1.54, 1.807) is 30.3 Å². The van der Waals surface area contributed by atoms with E-state index >= 15 is 0 Å². The number of amides is 2. The van der Waals surface area contributed by atoms with Gasteiger partial charge >= 0.3 is 0 Å². The zero-order chi connectivity index (χ0) is 23.7. The van der Waals surface area contributed by atoms with E-state index in [-0.39, 0.29) is 23.2 Å². The number of carbonyl (C=O) groups excluding carboxylic acids is 2. The first kappa shape index (κ1) is 22.7. The van der Waals surface area contributed by atoms with Crippen LogP contribution >= 0.6 is 0 Å². The highest BCUT2D eigenvalue weighted by Crippen LogP contribution is 2.28. The summed E-state index contributed by atoms with van der Waals surface area (Å²) >= 11 is 0. The Morgan fingerprint density at radius 1 is 1.09 bits per heavy atom. The minimum Gasteiger partial charge on any atom is -0.369 e. The molecule has 33 heavy (non-hydrogen) atoms. The second-order valence-corrected chi connectivity index (χ2v) is 8.97. The summed E-state index contributed by atoms with van der Waals surface area (Å²) in [7, 11) is 2.07. The second kappa shape index (κ2) is 9.19. The van der Waals surface area contributed by atoms with Gasteiger partial charge < -0.3 is 20.4 Å². The maximum atomic E-state index is 13.2. The largest absolute Gasteiger partial charge is 0.369 e. The number of rotatable bonds is 6. The topological polar surface area (TPSA) is 108 Å². The van der Waals surface area contributed by atoms with Crippen LogP contribution in [0.3, 0.4) is 0 Å². The number of carbonyl (C=O) groups is 2. The van der Waals surface area contributed by atoms with Crippen LogP contribution in [0.5, 0.6) is 0 Å². The van der Waals surface area contributed by atoms with Crippen LogP contribution in [0.4, 0.5) is 17.1 Å². The lowest BCUT2D eigenvalue weighted by Crippen LogP contribution is -2.50. The van der Waals surface area contributed by atoms with E-state index < -0.39 is 10.8 Å². The van der Waals surface area contributed by atoms with Gasteiger partial charge in [-0.3, -0.25) is 19.7 Å². The van der Waals surface area contributed by atoms with E-state index in [1.807, 2.05) is 6.92 Å².